The average Bonchev–Trinajstić information content (AvgIpc) is 2.80. The highest BCUT2D eigenvalue weighted by molar-refractivity contribution is 5.55. The van der Waals surface area contributed by atoms with Gasteiger partial charge >= 0.3 is 0 Å². The van der Waals surface area contributed by atoms with E-state index in [-0.39, 0.29) is 6.04 Å². The van der Waals surface area contributed by atoms with Crippen LogP contribution in [0.15, 0.2) is 22.9 Å². The zero-order valence-corrected chi connectivity index (χ0v) is 11.6. The van der Waals surface area contributed by atoms with E-state index < -0.39 is 0 Å². The highest BCUT2D eigenvalue weighted by atomic mass is 16.3. The number of rotatable bonds is 5. The molecule has 0 bridgehead atoms. The molecule has 2 aromatic heterocycles. The molecule has 0 saturated carbocycles. The average molecular weight is 260 g/mol. The van der Waals surface area contributed by atoms with Gasteiger partial charge in [-0.1, -0.05) is 13.3 Å². The Morgan fingerprint density at radius 2 is 2.16 bits per heavy atom. The molecule has 0 amide bonds. The maximum Gasteiger partial charge on any atom is 0.135 e. The predicted molar refractivity (Wildman–Crippen MR) is 75.9 cm³/mol. The summed E-state index contributed by atoms with van der Waals surface area (Å²) in [4.78, 5) is 8.33. The molecule has 5 nitrogen and oxygen atoms in total. The van der Waals surface area contributed by atoms with Gasteiger partial charge in [0.2, 0.25) is 0 Å². The van der Waals surface area contributed by atoms with Gasteiger partial charge in [0.25, 0.3) is 0 Å². The molecular formula is C14H20N4O. The standard InChI is InChI=1S/C14H20N4O/c1-4-5-11-13(15)16-8-17-14(11)18-10(3)12-7-6-9(2)19-12/h6-8,10H,4-5H2,1-3H3,(H3,15,16,17,18). The zero-order chi connectivity index (χ0) is 13.8. The normalized spacial score (nSPS) is 12.4. The summed E-state index contributed by atoms with van der Waals surface area (Å²) in [7, 11) is 0. The smallest absolute Gasteiger partial charge is 0.135 e. The highest BCUT2D eigenvalue weighted by Crippen LogP contribution is 2.25. The lowest BCUT2D eigenvalue weighted by molar-refractivity contribution is 0.466. The largest absolute Gasteiger partial charge is 0.464 e. The van der Waals surface area contributed by atoms with Crippen molar-refractivity contribution in [2.45, 2.75) is 39.7 Å². The first-order chi connectivity index (χ1) is 9.11. The molecule has 1 unspecified atom stereocenters. The molecule has 0 aliphatic rings. The van der Waals surface area contributed by atoms with Crippen LogP contribution in [0.4, 0.5) is 11.6 Å². The minimum absolute atomic E-state index is 0.0404. The van der Waals surface area contributed by atoms with Crippen LogP contribution >= 0.6 is 0 Å². The van der Waals surface area contributed by atoms with Gasteiger partial charge in [0.05, 0.1) is 6.04 Å². The monoisotopic (exact) mass is 260 g/mol. The fourth-order valence-corrected chi connectivity index (χ4v) is 2.01. The molecule has 0 saturated heterocycles. The number of nitrogens with one attached hydrogen (secondary N) is 1. The maximum atomic E-state index is 5.91. The van der Waals surface area contributed by atoms with Crippen LogP contribution in [0.25, 0.3) is 0 Å². The molecule has 2 aromatic rings. The van der Waals surface area contributed by atoms with Crippen LogP contribution in [0.1, 0.15) is 43.4 Å². The Kier molecular flexibility index (Phi) is 4.04. The molecular weight excluding hydrogens is 240 g/mol. The Morgan fingerprint density at radius 1 is 1.37 bits per heavy atom. The van der Waals surface area contributed by atoms with E-state index in [0.717, 1.165) is 35.7 Å². The fourth-order valence-electron chi connectivity index (χ4n) is 2.01. The van der Waals surface area contributed by atoms with Gasteiger partial charge in [-0.3, -0.25) is 0 Å². The quantitative estimate of drug-likeness (QED) is 0.863. The van der Waals surface area contributed by atoms with E-state index in [1.807, 2.05) is 26.0 Å². The molecule has 0 aromatic carbocycles. The lowest BCUT2D eigenvalue weighted by Crippen LogP contribution is -2.11. The Balaban J connectivity index is 2.21. The minimum Gasteiger partial charge on any atom is -0.464 e. The Labute approximate surface area is 113 Å². The van der Waals surface area contributed by atoms with Gasteiger partial charge in [-0.05, 0) is 32.4 Å². The van der Waals surface area contributed by atoms with Crippen LogP contribution < -0.4 is 11.1 Å². The van der Waals surface area contributed by atoms with E-state index in [9.17, 15) is 0 Å². The van der Waals surface area contributed by atoms with E-state index in [0.29, 0.717) is 5.82 Å². The second-order valence-corrected chi connectivity index (χ2v) is 4.65. The van der Waals surface area contributed by atoms with Crippen LogP contribution in [0, 0.1) is 6.92 Å². The third-order valence-electron chi connectivity index (χ3n) is 3.02. The number of hydrogen-bond donors (Lipinski definition) is 2. The minimum atomic E-state index is 0.0404. The van der Waals surface area contributed by atoms with Crippen molar-refractivity contribution in [1.82, 2.24) is 9.97 Å². The molecule has 5 heteroatoms. The lowest BCUT2D eigenvalue weighted by atomic mass is 10.1. The van der Waals surface area contributed by atoms with Gasteiger partial charge in [-0.2, -0.15) is 0 Å². The van der Waals surface area contributed by atoms with Crippen molar-refractivity contribution in [1.29, 1.82) is 0 Å². The highest BCUT2D eigenvalue weighted by Gasteiger charge is 2.14. The number of nitrogens with two attached hydrogens (primary N) is 1. The van der Waals surface area contributed by atoms with Gasteiger partial charge < -0.3 is 15.5 Å². The topological polar surface area (TPSA) is 77.0 Å². The van der Waals surface area contributed by atoms with Crippen molar-refractivity contribution in [2.75, 3.05) is 11.1 Å². The van der Waals surface area contributed by atoms with Crippen LogP contribution in [0.5, 0.6) is 0 Å². The zero-order valence-electron chi connectivity index (χ0n) is 11.6. The Hall–Kier alpha value is -2.04. The summed E-state index contributed by atoms with van der Waals surface area (Å²) in [5.41, 5.74) is 6.88. The second kappa shape index (κ2) is 5.73. The van der Waals surface area contributed by atoms with Crippen LogP contribution in [0.3, 0.4) is 0 Å². The number of anilines is 2. The van der Waals surface area contributed by atoms with E-state index in [2.05, 4.69) is 22.2 Å². The fraction of sp³-hybridized carbons (Fsp3) is 0.429. The summed E-state index contributed by atoms with van der Waals surface area (Å²) in [6.07, 6.45) is 3.34. The third-order valence-corrected chi connectivity index (χ3v) is 3.02. The third kappa shape index (κ3) is 3.05. The van der Waals surface area contributed by atoms with Gasteiger partial charge in [0.15, 0.2) is 0 Å². The molecule has 2 heterocycles. The molecule has 102 valence electrons. The van der Waals surface area contributed by atoms with E-state index in [1.165, 1.54) is 6.33 Å². The summed E-state index contributed by atoms with van der Waals surface area (Å²) in [5, 5.41) is 3.34. The van der Waals surface area contributed by atoms with E-state index in [1.54, 1.807) is 0 Å². The first-order valence-electron chi connectivity index (χ1n) is 6.54. The van der Waals surface area contributed by atoms with Crippen molar-refractivity contribution in [3.05, 3.63) is 35.5 Å². The number of nitrogen functional groups attached to an aromatic ring is 1. The molecule has 1 atom stereocenters. The summed E-state index contributed by atoms with van der Waals surface area (Å²) >= 11 is 0. The molecule has 0 aliphatic heterocycles. The number of nitrogens with zero attached hydrogens (tertiary/aromatic N) is 2. The molecule has 3 N–H and O–H groups in total. The lowest BCUT2D eigenvalue weighted by Gasteiger charge is -2.16. The first-order valence-corrected chi connectivity index (χ1v) is 6.54. The van der Waals surface area contributed by atoms with E-state index in [4.69, 9.17) is 10.2 Å². The van der Waals surface area contributed by atoms with Crippen molar-refractivity contribution >= 4 is 11.6 Å². The van der Waals surface area contributed by atoms with Crippen LogP contribution in [0.2, 0.25) is 0 Å². The Morgan fingerprint density at radius 3 is 2.79 bits per heavy atom. The van der Waals surface area contributed by atoms with Gasteiger partial charge in [-0.25, -0.2) is 9.97 Å². The molecule has 2 rings (SSSR count). The number of aryl methyl sites for hydroxylation is 1. The molecule has 0 aliphatic carbocycles. The molecule has 0 spiro atoms. The second-order valence-electron chi connectivity index (χ2n) is 4.65. The summed E-state index contributed by atoms with van der Waals surface area (Å²) < 4.78 is 5.61. The van der Waals surface area contributed by atoms with Gasteiger partial charge in [-0.15, -0.1) is 0 Å². The molecule has 0 fully saturated rings. The van der Waals surface area contributed by atoms with Crippen molar-refractivity contribution in [3.63, 3.8) is 0 Å². The number of furan rings is 1. The van der Waals surface area contributed by atoms with Crippen LogP contribution in [-0.4, -0.2) is 9.97 Å². The van der Waals surface area contributed by atoms with E-state index >= 15 is 0 Å². The molecule has 19 heavy (non-hydrogen) atoms. The maximum absolute atomic E-state index is 5.91. The van der Waals surface area contributed by atoms with Crippen molar-refractivity contribution < 1.29 is 4.42 Å². The molecule has 0 radical (unpaired) electrons. The number of hydrogen-bond acceptors (Lipinski definition) is 5. The van der Waals surface area contributed by atoms with Gasteiger partial charge in [0.1, 0.15) is 29.5 Å². The summed E-state index contributed by atoms with van der Waals surface area (Å²) in [6.45, 7) is 6.07. The number of aromatic nitrogens is 2. The van der Waals surface area contributed by atoms with Crippen molar-refractivity contribution in [2.24, 2.45) is 0 Å². The SMILES string of the molecule is CCCc1c(N)ncnc1NC(C)c1ccc(C)o1. The van der Waals surface area contributed by atoms with Crippen LogP contribution in [-0.2, 0) is 6.42 Å². The Bertz CT molecular complexity index is 550. The van der Waals surface area contributed by atoms with Crippen molar-refractivity contribution in [3.8, 4) is 0 Å². The first kappa shape index (κ1) is 13.4. The summed E-state index contributed by atoms with van der Waals surface area (Å²) in [6, 6.07) is 3.96. The predicted octanol–water partition coefficient (Wildman–Crippen LogP) is 3.09. The van der Waals surface area contributed by atoms with Gasteiger partial charge in [0, 0.05) is 5.56 Å². The summed E-state index contributed by atoms with van der Waals surface area (Å²) in [5.74, 6) is 3.12.